The minimum atomic E-state index is 0. The number of fused-ring (bicyclic) bond motifs is 5. The molecule has 8 heteroatoms. The third-order valence-corrected chi connectivity index (χ3v) is 6.70. The molecule has 0 spiro atoms. The normalized spacial score (nSPS) is 12.9. The van der Waals surface area contributed by atoms with E-state index in [9.17, 15) is 5.11 Å². The molecule has 0 saturated carbocycles. The number of aromatic hydroxyl groups is 1. The average Bonchev–Trinajstić information content (AvgIpc) is 3.36. The SMILES string of the molecule is COc1ccc2cc3[n+](cc2c1OCCCCOc1ccccc1O)CCc1cc2c(cc1-3)OCO2.[Br-]. The van der Waals surface area contributed by atoms with Crippen LogP contribution in [0.5, 0.6) is 34.5 Å². The Balaban J connectivity index is 0.00000280. The van der Waals surface area contributed by atoms with Crippen LogP contribution in [-0.4, -0.2) is 32.2 Å². The summed E-state index contributed by atoms with van der Waals surface area (Å²) >= 11 is 0. The van der Waals surface area contributed by atoms with Crippen LogP contribution >= 0.6 is 0 Å². The Bertz CT molecular complexity index is 1440. The van der Waals surface area contributed by atoms with Gasteiger partial charge in [0, 0.05) is 12.5 Å². The highest BCUT2D eigenvalue weighted by molar-refractivity contribution is 5.91. The fraction of sp³-hybridized carbons (Fsp3) is 0.276. The van der Waals surface area contributed by atoms with Crippen LogP contribution in [0.3, 0.4) is 0 Å². The van der Waals surface area contributed by atoms with Crippen LogP contribution in [0.4, 0.5) is 0 Å². The zero-order valence-electron chi connectivity index (χ0n) is 20.5. The lowest BCUT2D eigenvalue weighted by Crippen LogP contribution is -3.00. The van der Waals surface area contributed by atoms with Crippen molar-refractivity contribution in [2.24, 2.45) is 0 Å². The second kappa shape index (κ2) is 10.8. The highest BCUT2D eigenvalue weighted by Gasteiger charge is 2.28. The number of hydrogen-bond donors (Lipinski definition) is 1. The maximum absolute atomic E-state index is 9.82. The molecule has 0 fully saturated rings. The number of nitrogens with zero attached hydrogens (tertiary/aromatic N) is 1. The molecule has 1 N–H and O–H groups in total. The van der Waals surface area contributed by atoms with Crippen LogP contribution in [0, 0.1) is 0 Å². The molecule has 2 aliphatic heterocycles. The van der Waals surface area contributed by atoms with Crippen molar-refractivity contribution >= 4 is 10.8 Å². The van der Waals surface area contributed by atoms with Gasteiger partial charge in [-0.2, -0.15) is 4.57 Å². The molecule has 7 nitrogen and oxygen atoms in total. The molecule has 0 unspecified atom stereocenters. The number of aryl methyl sites for hydroxylation is 2. The maximum atomic E-state index is 9.82. The van der Waals surface area contributed by atoms with Gasteiger partial charge in [0.05, 0.1) is 31.3 Å². The Morgan fingerprint density at radius 3 is 2.51 bits per heavy atom. The van der Waals surface area contributed by atoms with Gasteiger partial charge in [-0.05, 0) is 60.2 Å². The van der Waals surface area contributed by atoms with Gasteiger partial charge in [-0.15, -0.1) is 0 Å². The smallest absolute Gasteiger partial charge is 0.231 e. The number of pyridine rings is 1. The summed E-state index contributed by atoms with van der Waals surface area (Å²) < 4.78 is 31.0. The van der Waals surface area contributed by atoms with Gasteiger partial charge in [-0.3, -0.25) is 0 Å². The van der Waals surface area contributed by atoms with Crippen molar-refractivity contribution in [1.82, 2.24) is 0 Å². The van der Waals surface area contributed by atoms with Crippen molar-refractivity contribution in [3.8, 4) is 45.8 Å². The van der Waals surface area contributed by atoms with Gasteiger partial charge < -0.3 is 45.8 Å². The summed E-state index contributed by atoms with van der Waals surface area (Å²) in [6.07, 6.45) is 4.70. The van der Waals surface area contributed by atoms with Crippen molar-refractivity contribution in [3.05, 3.63) is 66.4 Å². The second-order valence-electron chi connectivity index (χ2n) is 8.94. The van der Waals surface area contributed by atoms with Crippen molar-refractivity contribution in [2.75, 3.05) is 27.1 Å². The van der Waals surface area contributed by atoms with E-state index in [1.54, 1.807) is 25.3 Å². The van der Waals surface area contributed by atoms with E-state index < -0.39 is 0 Å². The molecule has 0 radical (unpaired) electrons. The van der Waals surface area contributed by atoms with Crippen LogP contribution in [0.15, 0.2) is 60.8 Å². The Morgan fingerprint density at radius 2 is 1.70 bits per heavy atom. The van der Waals surface area contributed by atoms with E-state index in [0.717, 1.165) is 59.5 Å². The second-order valence-corrected chi connectivity index (χ2v) is 8.94. The molecule has 0 bridgehead atoms. The van der Waals surface area contributed by atoms with Crippen molar-refractivity contribution < 1.29 is 50.3 Å². The molecule has 37 heavy (non-hydrogen) atoms. The molecule has 0 aliphatic carbocycles. The third kappa shape index (κ3) is 4.85. The van der Waals surface area contributed by atoms with E-state index in [1.165, 1.54) is 11.1 Å². The van der Waals surface area contributed by atoms with Crippen molar-refractivity contribution in [2.45, 2.75) is 25.8 Å². The molecule has 2 aliphatic rings. The third-order valence-electron chi connectivity index (χ3n) is 6.70. The van der Waals surface area contributed by atoms with E-state index in [0.29, 0.717) is 24.7 Å². The molecular weight excluding hydrogens is 538 g/mol. The van der Waals surface area contributed by atoms with Gasteiger partial charge in [-0.25, -0.2) is 0 Å². The number of aromatic nitrogens is 1. The number of methoxy groups -OCH3 is 1. The highest BCUT2D eigenvalue weighted by atomic mass is 79.9. The summed E-state index contributed by atoms with van der Waals surface area (Å²) in [5.41, 5.74) is 3.60. The van der Waals surface area contributed by atoms with Gasteiger partial charge in [0.2, 0.25) is 12.5 Å². The van der Waals surface area contributed by atoms with Gasteiger partial charge in [-0.1, -0.05) is 12.1 Å². The Hall–Kier alpha value is -3.65. The van der Waals surface area contributed by atoms with Gasteiger partial charge in [0.15, 0.2) is 47.2 Å². The zero-order valence-corrected chi connectivity index (χ0v) is 22.1. The first-order valence-corrected chi connectivity index (χ1v) is 12.2. The summed E-state index contributed by atoms with van der Waals surface area (Å²) in [4.78, 5) is 0. The lowest BCUT2D eigenvalue weighted by Gasteiger charge is -2.18. The molecule has 0 saturated heterocycles. The van der Waals surface area contributed by atoms with Crippen LogP contribution in [0.1, 0.15) is 18.4 Å². The monoisotopic (exact) mass is 565 g/mol. The summed E-state index contributed by atoms with van der Waals surface area (Å²) in [6.45, 7) is 2.19. The van der Waals surface area contributed by atoms with E-state index in [1.807, 2.05) is 12.1 Å². The molecular formula is C29H28BrNO6. The maximum Gasteiger partial charge on any atom is 0.231 e. The summed E-state index contributed by atoms with van der Waals surface area (Å²) in [5, 5.41) is 11.9. The first-order valence-electron chi connectivity index (χ1n) is 12.2. The summed E-state index contributed by atoms with van der Waals surface area (Å²) in [5.74, 6) is 3.75. The van der Waals surface area contributed by atoms with Crippen LogP contribution < -0.4 is 45.2 Å². The van der Waals surface area contributed by atoms with E-state index in [4.69, 9.17) is 23.7 Å². The quantitative estimate of drug-likeness (QED) is 0.260. The fourth-order valence-corrected chi connectivity index (χ4v) is 4.85. The topological polar surface area (TPSA) is 70.3 Å². The van der Waals surface area contributed by atoms with E-state index >= 15 is 0 Å². The molecule has 6 rings (SSSR count). The lowest BCUT2D eigenvalue weighted by molar-refractivity contribution is -0.686. The zero-order chi connectivity index (χ0) is 24.5. The van der Waals surface area contributed by atoms with Gasteiger partial charge in [0.25, 0.3) is 0 Å². The summed E-state index contributed by atoms with van der Waals surface area (Å²) in [7, 11) is 1.67. The van der Waals surface area contributed by atoms with E-state index in [2.05, 4.69) is 35.0 Å². The van der Waals surface area contributed by atoms with Crippen LogP contribution in [0.25, 0.3) is 22.0 Å². The Labute approximate surface area is 225 Å². The van der Waals surface area contributed by atoms with E-state index in [-0.39, 0.29) is 29.5 Å². The number of phenolic OH excluding ortho intramolecular Hbond substituents is 1. The number of rotatable bonds is 8. The summed E-state index contributed by atoms with van der Waals surface area (Å²) in [6, 6.07) is 17.4. The molecule has 3 aromatic carbocycles. The first-order chi connectivity index (χ1) is 17.7. The van der Waals surface area contributed by atoms with Crippen molar-refractivity contribution in [1.29, 1.82) is 0 Å². The molecule has 3 heterocycles. The highest BCUT2D eigenvalue weighted by Crippen LogP contribution is 2.41. The number of halogens is 1. The number of benzene rings is 3. The Kier molecular flexibility index (Phi) is 7.28. The number of para-hydroxylation sites is 2. The predicted octanol–water partition coefficient (Wildman–Crippen LogP) is 2.04. The number of phenols is 1. The Morgan fingerprint density at radius 1 is 0.919 bits per heavy atom. The van der Waals surface area contributed by atoms with Gasteiger partial charge >= 0.3 is 0 Å². The van der Waals surface area contributed by atoms with Gasteiger partial charge in [0.1, 0.15) is 0 Å². The number of ether oxygens (including phenoxy) is 5. The minimum Gasteiger partial charge on any atom is -1.00 e. The van der Waals surface area contributed by atoms with Crippen LogP contribution in [0.2, 0.25) is 0 Å². The fourth-order valence-electron chi connectivity index (χ4n) is 4.85. The van der Waals surface area contributed by atoms with Crippen molar-refractivity contribution in [3.63, 3.8) is 0 Å². The number of unbranched alkanes of at least 4 members (excludes halogenated alkanes) is 1. The number of hydrogen-bond acceptors (Lipinski definition) is 6. The molecule has 192 valence electrons. The van der Waals surface area contributed by atoms with Crippen LogP contribution in [-0.2, 0) is 13.0 Å². The minimum absolute atomic E-state index is 0. The predicted molar refractivity (Wildman–Crippen MR) is 134 cm³/mol. The molecule has 0 amide bonds. The molecule has 1 aromatic heterocycles. The average molecular weight is 566 g/mol. The molecule has 4 aromatic rings. The molecule has 0 atom stereocenters. The lowest BCUT2D eigenvalue weighted by atomic mass is 9.95. The first kappa shape index (κ1) is 25.0. The standard InChI is InChI=1S/C29H27NO6.BrH/c1-32-26-9-8-19-14-23-21-16-28-27(35-18-36-28)15-20(21)10-11-30(23)17-22(19)29(26)34-13-5-4-12-33-25-7-3-2-6-24(25)31;/h2-3,6-9,14-17H,4-5,10-13,18H2,1H3;1H. The largest absolute Gasteiger partial charge is 1.00 e.